The Morgan fingerprint density at radius 1 is 1.26 bits per heavy atom. The molecule has 1 N–H and O–H groups in total. The average Bonchev–Trinajstić information content (AvgIpc) is 2.69. The normalized spacial score (nSPS) is 45.5. The Labute approximate surface area is 114 Å². The predicted molar refractivity (Wildman–Crippen MR) is 73.6 cm³/mol. The average molecular weight is 258 g/mol. The summed E-state index contributed by atoms with van der Waals surface area (Å²) in [5.41, 5.74) is 2.56. The lowest BCUT2D eigenvalue weighted by molar-refractivity contribution is -0.132. The number of carboxylic acids is 1. The number of carbonyl (C=O) groups is 1. The Kier molecular flexibility index (Phi) is 2.06. The van der Waals surface area contributed by atoms with Gasteiger partial charge in [-0.2, -0.15) is 0 Å². The number of hydrogen-bond donors (Lipinski definition) is 1. The molecule has 0 amide bonds. The van der Waals surface area contributed by atoms with Crippen LogP contribution in [0.4, 0.5) is 0 Å². The number of hydrogen-bond acceptors (Lipinski definition) is 1. The lowest BCUT2D eigenvalue weighted by Crippen LogP contribution is -2.50. The molecule has 0 aromatic carbocycles. The Bertz CT molecular complexity index is 525. The summed E-state index contributed by atoms with van der Waals surface area (Å²) in [5.74, 6) is 1.17. The molecule has 4 atom stereocenters. The molecule has 4 aliphatic carbocycles. The second-order valence-corrected chi connectivity index (χ2v) is 7.50. The number of rotatable bonds is 1. The molecule has 2 fully saturated rings. The van der Waals surface area contributed by atoms with Crippen molar-refractivity contribution in [2.45, 2.75) is 46.0 Å². The minimum Gasteiger partial charge on any atom is -0.478 e. The van der Waals surface area contributed by atoms with Crippen LogP contribution in [0, 0.1) is 28.6 Å². The Morgan fingerprint density at radius 2 is 2.00 bits per heavy atom. The molecule has 0 heterocycles. The highest BCUT2D eigenvalue weighted by Crippen LogP contribution is 2.76. The molecule has 102 valence electrons. The molecule has 2 bridgehead atoms. The maximum Gasteiger partial charge on any atom is 0.331 e. The monoisotopic (exact) mass is 258 g/mol. The Hall–Kier alpha value is -1.05. The minimum absolute atomic E-state index is 0.179. The van der Waals surface area contributed by atoms with Gasteiger partial charge in [-0.15, -0.1) is 0 Å². The van der Waals surface area contributed by atoms with Crippen LogP contribution in [0.1, 0.15) is 46.0 Å². The molecule has 0 aromatic rings. The van der Waals surface area contributed by atoms with E-state index in [0.717, 1.165) is 24.8 Å². The van der Waals surface area contributed by atoms with Gasteiger partial charge in [0.1, 0.15) is 0 Å². The zero-order chi connectivity index (χ0) is 13.4. The summed E-state index contributed by atoms with van der Waals surface area (Å²) in [4.78, 5) is 11.6. The number of allylic oxidation sites excluding steroid dienone is 3. The quantitative estimate of drug-likeness (QED) is 0.726. The third kappa shape index (κ3) is 1.09. The first kappa shape index (κ1) is 11.7. The molecule has 2 heteroatoms. The molecule has 0 aliphatic heterocycles. The first-order valence-electron chi connectivity index (χ1n) is 7.62. The van der Waals surface area contributed by atoms with Gasteiger partial charge in [-0.05, 0) is 55.3 Å². The molecule has 1 spiro atoms. The summed E-state index contributed by atoms with van der Waals surface area (Å²) in [7, 11) is 0. The van der Waals surface area contributed by atoms with E-state index in [2.05, 4.69) is 26.0 Å². The molecule has 4 aliphatic rings. The fraction of sp³-hybridized carbons (Fsp3) is 0.706. The largest absolute Gasteiger partial charge is 0.478 e. The summed E-state index contributed by atoms with van der Waals surface area (Å²) in [5, 5.41) is 9.59. The maximum absolute atomic E-state index is 11.6. The number of carboxylic acid groups (broad SMARTS) is 1. The highest BCUT2D eigenvalue weighted by Gasteiger charge is 2.68. The van der Waals surface area contributed by atoms with Crippen molar-refractivity contribution in [3.8, 4) is 0 Å². The van der Waals surface area contributed by atoms with Crippen molar-refractivity contribution in [2.75, 3.05) is 0 Å². The molecular weight excluding hydrogens is 236 g/mol. The summed E-state index contributed by atoms with van der Waals surface area (Å²) in [6.45, 7) is 4.82. The summed E-state index contributed by atoms with van der Waals surface area (Å²) < 4.78 is 0. The van der Waals surface area contributed by atoms with Gasteiger partial charge >= 0.3 is 5.97 Å². The van der Waals surface area contributed by atoms with Crippen LogP contribution in [-0.4, -0.2) is 11.1 Å². The van der Waals surface area contributed by atoms with Crippen LogP contribution in [0.3, 0.4) is 0 Å². The highest BCUT2D eigenvalue weighted by molar-refractivity contribution is 5.89. The first-order chi connectivity index (χ1) is 8.99. The van der Waals surface area contributed by atoms with Gasteiger partial charge in [0.15, 0.2) is 0 Å². The maximum atomic E-state index is 11.6. The van der Waals surface area contributed by atoms with Crippen LogP contribution < -0.4 is 0 Å². The van der Waals surface area contributed by atoms with Crippen molar-refractivity contribution < 1.29 is 9.90 Å². The van der Waals surface area contributed by atoms with Crippen molar-refractivity contribution >= 4 is 5.97 Å². The second-order valence-electron chi connectivity index (χ2n) is 7.50. The van der Waals surface area contributed by atoms with Crippen molar-refractivity contribution in [2.24, 2.45) is 28.6 Å². The Balaban J connectivity index is 2.00. The van der Waals surface area contributed by atoms with Crippen molar-refractivity contribution in [1.29, 1.82) is 0 Å². The SMILES string of the molecule is CC1(C)C2CCC3CC=CC4CC(C(=O)O)=C(C2)C431. The van der Waals surface area contributed by atoms with Gasteiger partial charge in [0.05, 0.1) is 0 Å². The van der Waals surface area contributed by atoms with E-state index in [1.165, 1.54) is 18.4 Å². The lowest BCUT2D eigenvalue weighted by Gasteiger charge is -2.56. The van der Waals surface area contributed by atoms with Crippen LogP contribution >= 0.6 is 0 Å². The third-order valence-corrected chi connectivity index (χ3v) is 6.96. The van der Waals surface area contributed by atoms with E-state index in [0.29, 0.717) is 17.8 Å². The molecule has 0 saturated heterocycles. The zero-order valence-electron chi connectivity index (χ0n) is 11.8. The van der Waals surface area contributed by atoms with Crippen molar-refractivity contribution in [1.82, 2.24) is 0 Å². The first-order valence-corrected chi connectivity index (χ1v) is 7.62. The molecule has 4 rings (SSSR count). The lowest BCUT2D eigenvalue weighted by atomic mass is 9.47. The molecule has 19 heavy (non-hydrogen) atoms. The zero-order valence-corrected chi connectivity index (χ0v) is 11.8. The molecule has 0 radical (unpaired) electrons. The second kappa shape index (κ2) is 3.34. The fourth-order valence-corrected chi connectivity index (χ4v) is 6.29. The fourth-order valence-electron chi connectivity index (χ4n) is 6.29. The van der Waals surface area contributed by atoms with Gasteiger partial charge in [0.2, 0.25) is 0 Å². The van der Waals surface area contributed by atoms with Crippen molar-refractivity contribution in [3.05, 3.63) is 23.3 Å². The van der Waals surface area contributed by atoms with Crippen LogP contribution in [0.2, 0.25) is 0 Å². The summed E-state index contributed by atoms with van der Waals surface area (Å²) in [6, 6.07) is 0. The number of aliphatic carboxylic acids is 1. The topological polar surface area (TPSA) is 37.3 Å². The van der Waals surface area contributed by atoms with Gasteiger partial charge in [-0.1, -0.05) is 31.6 Å². The minimum atomic E-state index is -0.658. The van der Waals surface area contributed by atoms with E-state index in [9.17, 15) is 9.90 Å². The van der Waals surface area contributed by atoms with Crippen LogP contribution in [-0.2, 0) is 4.79 Å². The van der Waals surface area contributed by atoms with E-state index < -0.39 is 5.97 Å². The number of fused-ring (bicyclic) bond motifs is 1. The molecule has 2 saturated carbocycles. The van der Waals surface area contributed by atoms with Crippen LogP contribution in [0.15, 0.2) is 23.3 Å². The summed E-state index contributed by atoms with van der Waals surface area (Å²) >= 11 is 0. The third-order valence-electron chi connectivity index (χ3n) is 6.96. The van der Waals surface area contributed by atoms with Crippen molar-refractivity contribution in [3.63, 3.8) is 0 Å². The summed E-state index contributed by atoms with van der Waals surface area (Å²) in [6.07, 6.45) is 10.2. The van der Waals surface area contributed by atoms with E-state index in [1.807, 2.05) is 0 Å². The van der Waals surface area contributed by atoms with Gasteiger partial charge in [0.25, 0.3) is 0 Å². The van der Waals surface area contributed by atoms with Gasteiger partial charge in [0, 0.05) is 11.0 Å². The van der Waals surface area contributed by atoms with Crippen LogP contribution in [0.25, 0.3) is 0 Å². The van der Waals surface area contributed by atoms with E-state index in [1.54, 1.807) is 0 Å². The smallest absolute Gasteiger partial charge is 0.331 e. The molecular formula is C17H22O2. The molecule has 4 unspecified atom stereocenters. The predicted octanol–water partition coefficient (Wildman–Crippen LogP) is 3.79. The Morgan fingerprint density at radius 3 is 2.74 bits per heavy atom. The molecule has 0 aromatic heterocycles. The van der Waals surface area contributed by atoms with Crippen LogP contribution in [0.5, 0.6) is 0 Å². The van der Waals surface area contributed by atoms with Gasteiger partial charge < -0.3 is 5.11 Å². The van der Waals surface area contributed by atoms with E-state index in [4.69, 9.17) is 0 Å². The van der Waals surface area contributed by atoms with E-state index >= 15 is 0 Å². The van der Waals surface area contributed by atoms with Gasteiger partial charge in [-0.3, -0.25) is 0 Å². The van der Waals surface area contributed by atoms with E-state index in [-0.39, 0.29) is 10.8 Å². The highest BCUT2D eigenvalue weighted by atomic mass is 16.4. The standard InChI is InChI=1S/C17H22O2/c1-16(2)11-7-6-10-4-3-5-12-8-13(15(18)19)14(9-11)17(10,12)16/h3,5,10-12H,4,6-9H2,1-2H3,(H,18,19). The molecule has 2 nitrogen and oxygen atoms in total. The van der Waals surface area contributed by atoms with Gasteiger partial charge in [-0.25, -0.2) is 4.79 Å².